The quantitative estimate of drug-likeness (QED) is 0.322. The molecule has 0 amide bonds. The molecule has 1 nitrogen and oxygen atoms in total. The molecular weight excluding hydrogens is 478 g/mol. The molecule has 0 aromatic heterocycles. The number of aryl methyl sites for hydroxylation is 3. The average Bonchev–Trinajstić information content (AvgIpc) is 2.79. The first-order valence-corrected chi connectivity index (χ1v) is 11.0. The molecule has 3 rings (SSSR count). The lowest BCUT2D eigenvalue weighted by Crippen LogP contribution is -2.16. The van der Waals surface area contributed by atoms with Gasteiger partial charge >= 0.3 is 12.5 Å². The van der Waals surface area contributed by atoms with E-state index in [9.17, 15) is 26.3 Å². The Labute approximate surface area is 201 Å². The van der Waals surface area contributed by atoms with Crippen molar-refractivity contribution in [2.75, 3.05) is 0 Å². The maximum atomic E-state index is 12.0. The number of rotatable bonds is 4. The highest BCUT2D eigenvalue weighted by atomic mass is 35.5. The van der Waals surface area contributed by atoms with E-state index < -0.39 is 18.1 Å². The van der Waals surface area contributed by atoms with Gasteiger partial charge in [-0.3, -0.25) is 0 Å². The van der Waals surface area contributed by atoms with Crippen molar-refractivity contribution < 1.29 is 31.1 Å². The first kappa shape index (κ1) is 29.4. The highest BCUT2D eigenvalue weighted by Gasteiger charge is 2.31. The normalized spacial score (nSPS) is 11.0. The van der Waals surface area contributed by atoms with Crippen LogP contribution in [0.1, 0.15) is 43.0 Å². The van der Waals surface area contributed by atoms with E-state index in [2.05, 4.69) is 11.7 Å². The van der Waals surface area contributed by atoms with Crippen molar-refractivity contribution in [2.24, 2.45) is 0 Å². The molecule has 0 aliphatic carbocycles. The van der Waals surface area contributed by atoms with E-state index in [4.69, 9.17) is 11.6 Å². The Kier molecular flexibility index (Phi) is 12.0. The first-order valence-electron chi connectivity index (χ1n) is 10.6. The van der Waals surface area contributed by atoms with Crippen molar-refractivity contribution in [3.05, 3.63) is 100 Å². The third-order valence-corrected chi connectivity index (χ3v) is 4.83. The summed E-state index contributed by atoms with van der Waals surface area (Å²) in [5.74, 6) is -0.176. The number of alkyl halides is 6. The summed E-state index contributed by atoms with van der Waals surface area (Å²) in [6, 6.07) is 19.0. The second kappa shape index (κ2) is 13.9. The van der Waals surface area contributed by atoms with Gasteiger partial charge in [-0.25, -0.2) is 0 Å². The molecule has 0 bridgehead atoms. The zero-order chi connectivity index (χ0) is 25.8. The van der Waals surface area contributed by atoms with Crippen molar-refractivity contribution in [1.82, 2.24) is 0 Å². The summed E-state index contributed by atoms with van der Waals surface area (Å²) in [5.41, 5.74) is 2.65. The Balaban J connectivity index is 0.000000259. The molecule has 0 spiro atoms. The third kappa shape index (κ3) is 12.0. The predicted octanol–water partition coefficient (Wildman–Crippen LogP) is 9.32. The van der Waals surface area contributed by atoms with Crippen LogP contribution in [0.2, 0.25) is 5.02 Å². The summed E-state index contributed by atoms with van der Waals surface area (Å²) in [6.07, 6.45) is -6.18. The highest BCUT2D eigenvalue weighted by molar-refractivity contribution is 6.30. The fraction of sp³-hybridized carbons (Fsp3) is 0.308. The minimum atomic E-state index is -4.60. The molecule has 0 atom stereocenters. The third-order valence-electron chi connectivity index (χ3n) is 4.58. The Morgan fingerprint density at radius 3 is 1.26 bits per heavy atom. The predicted molar refractivity (Wildman–Crippen MR) is 124 cm³/mol. The van der Waals surface area contributed by atoms with Gasteiger partial charge in [-0.1, -0.05) is 68.8 Å². The molecule has 186 valence electrons. The summed E-state index contributed by atoms with van der Waals surface area (Å²) < 4.78 is 74.9. The fourth-order valence-corrected chi connectivity index (χ4v) is 2.70. The standard InChI is InChI=1S/C9H9F3O.C9H9F3.C8H9Cl/c1-2-7-3-5-8(6-4-7)13-9(10,11)12;1-2-7-3-5-8(6-4-7)9(10,11)12;1-2-7-3-5-8(9)6-4-7/h3-6H,2H2,1H3;3-6H,2H2,1H3;3-6H,2H2,1H3. The van der Waals surface area contributed by atoms with E-state index in [1.54, 1.807) is 12.1 Å². The van der Waals surface area contributed by atoms with E-state index in [1.807, 2.05) is 38.1 Å². The molecule has 0 saturated carbocycles. The van der Waals surface area contributed by atoms with Gasteiger partial charge in [-0.2, -0.15) is 13.2 Å². The van der Waals surface area contributed by atoms with Crippen molar-refractivity contribution in [1.29, 1.82) is 0 Å². The van der Waals surface area contributed by atoms with Crippen LogP contribution < -0.4 is 4.74 Å². The van der Waals surface area contributed by atoms with Gasteiger partial charge in [0.15, 0.2) is 0 Å². The van der Waals surface area contributed by atoms with Gasteiger partial charge in [-0.05, 0) is 72.4 Å². The summed E-state index contributed by atoms with van der Waals surface area (Å²) in [5, 5.41) is 0.812. The monoisotopic (exact) mass is 504 g/mol. The van der Waals surface area contributed by atoms with Gasteiger partial charge in [0, 0.05) is 5.02 Å². The average molecular weight is 505 g/mol. The molecule has 34 heavy (non-hydrogen) atoms. The molecule has 0 fully saturated rings. The molecule has 0 N–H and O–H groups in total. The van der Waals surface area contributed by atoms with Crippen molar-refractivity contribution >= 4 is 11.6 Å². The fourth-order valence-electron chi connectivity index (χ4n) is 2.58. The second-order valence-corrected chi connectivity index (χ2v) is 7.51. The number of hydrogen-bond donors (Lipinski definition) is 0. The summed E-state index contributed by atoms with van der Waals surface area (Å²) in [7, 11) is 0. The van der Waals surface area contributed by atoms with Crippen LogP contribution in [0.4, 0.5) is 26.3 Å². The SMILES string of the molecule is CCc1ccc(C(F)(F)F)cc1.CCc1ccc(Cl)cc1.CCc1ccc(OC(F)(F)F)cc1. The molecule has 3 aromatic rings. The highest BCUT2D eigenvalue weighted by Crippen LogP contribution is 2.29. The molecule has 0 saturated heterocycles. The van der Waals surface area contributed by atoms with E-state index in [-0.39, 0.29) is 5.75 Å². The Morgan fingerprint density at radius 2 is 0.941 bits per heavy atom. The first-order chi connectivity index (χ1) is 15.9. The van der Waals surface area contributed by atoms with E-state index >= 15 is 0 Å². The second-order valence-electron chi connectivity index (χ2n) is 7.07. The van der Waals surface area contributed by atoms with Crippen molar-refractivity contribution in [2.45, 2.75) is 52.6 Å². The largest absolute Gasteiger partial charge is 0.573 e. The van der Waals surface area contributed by atoms with Gasteiger partial charge in [0.1, 0.15) is 5.75 Å². The van der Waals surface area contributed by atoms with Crippen molar-refractivity contribution in [3.8, 4) is 5.75 Å². The zero-order valence-electron chi connectivity index (χ0n) is 19.1. The van der Waals surface area contributed by atoms with Gasteiger partial charge in [0.25, 0.3) is 0 Å². The van der Waals surface area contributed by atoms with Crippen LogP contribution >= 0.6 is 11.6 Å². The minimum Gasteiger partial charge on any atom is -0.406 e. The molecule has 0 aliphatic heterocycles. The molecule has 0 radical (unpaired) electrons. The van der Waals surface area contributed by atoms with Gasteiger partial charge in [-0.15, -0.1) is 13.2 Å². The maximum absolute atomic E-state index is 12.0. The van der Waals surface area contributed by atoms with Gasteiger partial charge < -0.3 is 4.74 Å². The minimum absolute atomic E-state index is 0.176. The lowest BCUT2D eigenvalue weighted by molar-refractivity contribution is -0.274. The number of hydrogen-bond acceptors (Lipinski definition) is 1. The lowest BCUT2D eigenvalue weighted by Gasteiger charge is -2.08. The van der Waals surface area contributed by atoms with Crippen LogP contribution in [0.5, 0.6) is 5.75 Å². The molecule has 0 aliphatic rings. The Bertz CT molecular complexity index is 947. The molecule has 0 unspecified atom stereocenters. The molecule has 0 heterocycles. The van der Waals surface area contributed by atoms with E-state index in [1.165, 1.54) is 29.8 Å². The van der Waals surface area contributed by atoms with Crippen LogP contribution in [0.15, 0.2) is 72.8 Å². The van der Waals surface area contributed by atoms with Crippen LogP contribution in [0, 0.1) is 0 Å². The summed E-state index contributed by atoms with van der Waals surface area (Å²) in [4.78, 5) is 0. The molecule has 3 aromatic carbocycles. The summed E-state index contributed by atoms with van der Waals surface area (Å²) in [6.45, 7) is 5.96. The van der Waals surface area contributed by atoms with Crippen LogP contribution in [0.3, 0.4) is 0 Å². The smallest absolute Gasteiger partial charge is 0.406 e. The lowest BCUT2D eigenvalue weighted by atomic mass is 10.1. The Hall–Kier alpha value is -2.67. The van der Waals surface area contributed by atoms with E-state index in [0.29, 0.717) is 0 Å². The zero-order valence-corrected chi connectivity index (χ0v) is 19.9. The summed E-state index contributed by atoms with van der Waals surface area (Å²) >= 11 is 5.67. The van der Waals surface area contributed by atoms with E-state index in [0.717, 1.165) is 47.5 Å². The van der Waals surface area contributed by atoms with Crippen LogP contribution in [0.25, 0.3) is 0 Å². The van der Waals surface area contributed by atoms with Crippen LogP contribution in [-0.4, -0.2) is 6.36 Å². The van der Waals surface area contributed by atoms with Gasteiger partial charge in [0.05, 0.1) is 5.56 Å². The van der Waals surface area contributed by atoms with Crippen LogP contribution in [-0.2, 0) is 25.4 Å². The molecular formula is C26H27ClF6O. The number of benzene rings is 3. The molecule has 8 heteroatoms. The Morgan fingerprint density at radius 1 is 0.588 bits per heavy atom. The topological polar surface area (TPSA) is 9.23 Å². The van der Waals surface area contributed by atoms with Gasteiger partial charge in [0.2, 0.25) is 0 Å². The maximum Gasteiger partial charge on any atom is 0.573 e. The van der Waals surface area contributed by atoms with Crippen molar-refractivity contribution in [3.63, 3.8) is 0 Å². The number of ether oxygens (including phenoxy) is 1. The number of halogens is 7.